The second kappa shape index (κ2) is 7.97. The molecule has 0 amide bonds. The molecule has 0 saturated heterocycles. The number of hydrogen-bond acceptors (Lipinski definition) is 7. The van der Waals surface area contributed by atoms with Crippen molar-refractivity contribution in [2.45, 2.75) is 44.1 Å². The van der Waals surface area contributed by atoms with Crippen molar-refractivity contribution in [3.8, 4) is 0 Å². The van der Waals surface area contributed by atoms with Crippen molar-refractivity contribution in [3.63, 3.8) is 0 Å². The van der Waals surface area contributed by atoms with Gasteiger partial charge < -0.3 is 9.47 Å². The summed E-state index contributed by atoms with van der Waals surface area (Å²) in [5.74, 6) is -1.04. The number of carbonyl (C=O) groups excluding carboxylic acids is 2. The fraction of sp³-hybridized carbons (Fsp3) is 0.733. The lowest BCUT2D eigenvalue weighted by molar-refractivity contribution is -0.151. The van der Waals surface area contributed by atoms with E-state index in [0.29, 0.717) is 24.0 Å². The van der Waals surface area contributed by atoms with E-state index in [2.05, 4.69) is 20.1 Å². The van der Waals surface area contributed by atoms with E-state index in [0.717, 1.165) is 25.5 Å². The molecule has 7 nitrogen and oxygen atoms in total. The van der Waals surface area contributed by atoms with Gasteiger partial charge in [-0.05, 0) is 25.7 Å². The molecule has 1 saturated carbocycles. The van der Waals surface area contributed by atoms with Crippen molar-refractivity contribution in [2.75, 3.05) is 24.8 Å². The van der Waals surface area contributed by atoms with Crippen LogP contribution in [0.5, 0.6) is 0 Å². The molecule has 0 aromatic carbocycles. The van der Waals surface area contributed by atoms with Crippen molar-refractivity contribution >= 4 is 38.0 Å². The molecule has 0 bridgehead atoms. The largest absolute Gasteiger partial charge is 0.462 e. The number of hydrogen-bond donors (Lipinski definition) is 0. The molecule has 1 aliphatic heterocycles. The molecule has 0 radical (unpaired) electrons. The van der Waals surface area contributed by atoms with Crippen LogP contribution >= 0.6 is 15.9 Å². The minimum Gasteiger partial charge on any atom is -0.462 e. The highest BCUT2D eigenvalue weighted by atomic mass is 79.9. The van der Waals surface area contributed by atoms with Gasteiger partial charge in [-0.15, -0.1) is 0 Å². The fourth-order valence-electron chi connectivity index (χ4n) is 3.08. The Hall–Kier alpha value is -0.930. The molecule has 0 atom stereocenters. The van der Waals surface area contributed by atoms with Gasteiger partial charge in [0.05, 0.1) is 30.6 Å². The Kier molecular flexibility index (Phi) is 6.44. The summed E-state index contributed by atoms with van der Waals surface area (Å²) < 4.78 is 37.1. The Morgan fingerprint density at radius 1 is 1.25 bits per heavy atom. The summed E-state index contributed by atoms with van der Waals surface area (Å²) in [5.41, 5.74) is -0.235. The molecule has 0 aromatic rings. The lowest BCUT2D eigenvalue weighted by Gasteiger charge is -2.33. The highest BCUT2D eigenvalue weighted by molar-refractivity contribution is 9.09. The van der Waals surface area contributed by atoms with Gasteiger partial charge in [0.15, 0.2) is 0 Å². The topological polar surface area (TPSA) is 96.0 Å². The highest BCUT2D eigenvalue weighted by Crippen LogP contribution is 2.44. The molecule has 24 heavy (non-hydrogen) atoms. The van der Waals surface area contributed by atoms with Crippen LogP contribution in [0.25, 0.3) is 0 Å². The summed E-state index contributed by atoms with van der Waals surface area (Å²) in [6.07, 6.45) is 5.28. The molecule has 2 rings (SSSR count). The average molecular weight is 425 g/mol. The van der Waals surface area contributed by atoms with Crippen molar-refractivity contribution < 1.29 is 31.7 Å². The van der Waals surface area contributed by atoms with Crippen molar-refractivity contribution in [1.82, 2.24) is 0 Å². The molecule has 9 heteroatoms. The van der Waals surface area contributed by atoms with Gasteiger partial charge in [-0.3, -0.25) is 4.18 Å². The van der Waals surface area contributed by atoms with E-state index in [1.807, 2.05) is 0 Å². The summed E-state index contributed by atoms with van der Waals surface area (Å²) in [4.78, 5) is 24.6. The summed E-state index contributed by atoms with van der Waals surface area (Å²) in [5, 5.41) is 0.231. The van der Waals surface area contributed by atoms with E-state index < -0.39 is 27.7 Å². The van der Waals surface area contributed by atoms with Gasteiger partial charge in [-0.25, -0.2) is 9.59 Å². The Bertz CT molecular complexity index is 632. The van der Waals surface area contributed by atoms with E-state index >= 15 is 0 Å². The number of alkyl halides is 1. The quantitative estimate of drug-likeness (QED) is 0.266. The normalized spacial score (nSPS) is 20.3. The zero-order chi connectivity index (χ0) is 17.8. The molecular weight excluding hydrogens is 404 g/mol. The lowest BCUT2D eigenvalue weighted by atomic mass is 9.79. The van der Waals surface area contributed by atoms with Gasteiger partial charge >= 0.3 is 11.9 Å². The Morgan fingerprint density at radius 3 is 2.50 bits per heavy atom. The van der Waals surface area contributed by atoms with E-state index in [-0.39, 0.29) is 25.0 Å². The molecule has 2 aliphatic rings. The van der Waals surface area contributed by atoms with Gasteiger partial charge in [0.25, 0.3) is 10.1 Å². The Morgan fingerprint density at radius 2 is 1.92 bits per heavy atom. The minimum atomic E-state index is -3.50. The van der Waals surface area contributed by atoms with Crippen LogP contribution in [0.2, 0.25) is 0 Å². The third-order valence-corrected chi connectivity index (χ3v) is 5.27. The smallest absolute Gasteiger partial charge is 0.338 e. The number of halogens is 1. The van der Waals surface area contributed by atoms with Crippen LogP contribution in [-0.4, -0.2) is 50.8 Å². The molecule has 0 N–H and O–H groups in total. The van der Waals surface area contributed by atoms with Crippen LogP contribution in [0.3, 0.4) is 0 Å². The third kappa shape index (κ3) is 4.58. The zero-order valence-corrected chi connectivity index (χ0v) is 15.9. The first-order valence-electron chi connectivity index (χ1n) is 7.83. The highest BCUT2D eigenvalue weighted by Gasteiger charge is 2.51. The van der Waals surface area contributed by atoms with Gasteiger partial charge in [-0.2, -0.15) is 8.42 Å². The summed E-state index contributed by atoms with van der Waals surface area (Å²) in [6, 6.07) is 0. The Labute approximate surface area is 150 Å². The second-order valence-corrected chi connectivity index (χ2v) is 8.15. The second-order valence-electron chi connectivity index (χ2n) is 5.95. The third-order valence-electron chi connectivity index (χ3n) is 4.11. The molecule has 1 spiro atoms. The maximum Gasteiger partial charge on any atom is 0.338 e. The van der Waals surface area contributed by atoms with Crippen molar-refractivity contribution in [1.29, 1.82) is 0 Å². The molecule has 0 aromatic heterocycles. The van der Waals surface area contributed by atoms with Crippen molar-refractivity contribution in [3.05, 3.63) is 11.1 Å². The molecular formula is C15H21BrO7S. The fourth-order valence-corrected chi connectivity index (χ4v) is 4.01. The summed E-state index contributed by atoms with van der Waals surface area (Å²) >= 11 is 3.24. The van der Waals surface area contributed by atoms with Gasteiger partial charge in [0, 0.05) is 11.8 Å². The summed E-state index contributed by atoms with van der Waals surface area (Å²) in [7, 11) is -3.50. The first kappa shape index (κ1) is 19.4. The van der Waals surface area contributed by atoms with E-state index in [1.165, 1.54) is 0 Å². The minimum absolute atomic E-state index is 0.0116. The number of ether oxygens (including phenoxy) is 2. The number of esters is 2. The van der Waals surface area contributed by atoms with E-state index in [1.54, 1.807) is 0 Å². The van der Waals surface area contributed by atoms with Gasteiger partial charge in [-0.1, -0.05) is 22.4 Å². The lowest BCUT2D eigenvalue weighted by Crippen LogP contribution is -2.38. The predicted octanol–water partition coefficient (Wildman–Crippen LogP) is 1.85. The van der Waals surface area contributed by atoms with Crippen LogP contribution in [0, 0.1) is 0 Å². The maximum absolute atomic E-state index is 12.5. The van der Waals surface area contributed by atoms with Crippen LogP contribution in [0.4, 0.5) is 0 Å². The molecule has 0 unspecified atom stereocenters. The molecule has 136 valence electrons. The van der Waals surface area contributed by atoms with Crippen LogP contribution in [0.15, 0.2) is 11.1 Å². The molecule has 1 aliphatic carbocycles. The first-order chi connectivity index (χ1) is 11.3. The van der Waals surface area contributed by atoms with E-state index in [9.17, 15) is 18.0 Å². The van der Waals surface area contributed by atoms with Crippen molar-refractivity contribution in [2.24, 2.45) is 0 Å². The van der Waals surface area contributed by atoms with E-state index in [4.69, 9.17) is 9.47 Å². The van der Waals surface area contributed by atoms with Gasteiger partial charge in [0.2, 0.25) is 0 Å². The van der Waals surface area contributed by atoms with Gasteiger partial charge in [0.1, 0.15) is 5.60 Å². The zero-order valence-electron chi connectivity index (χ0n) is 13.5. The van der Waals surface area contributed by atoms with Crippen LogP contribution < -0.4 is 0 Å². The first-order valence-corrected chi connectivity index (χ1v) is 10.8. The number of rotatable bonds is 7. The van der Waals surface area contributed by atoms with Crippen LogP contribution in [0.1, 0.15) is 38.5 Å². The molecule has 1 heterocycles. The predicted molar refractivity (Wildman–Crippen MR) is 89.1 cm³/mol. The molecule has 1 fully saturated rings. The average Bonchev–Trinajstić information content (AvgIpc) is 2.77. The summed E-state index contributed by atoms with van der Waals surface area (Å²) in [6.45, 7) is -0.0469. The maximum atomic E-state index is 12.5. The standard InChI is InChI=1S/C15H21BrO7S/c1-24(19,20)22-9-5-8-21-14(18)12-11(10-16)13(17)23-15(12)6-3-2-4-7-15/h2-10H2,1H3. The monoisotopic (exact) mass is 424 g/mol. The SMILES string of the molecule is CS(=O)(=O)OCCCOC(=O)C1=C(CBr)C(=O)OC12CCCCC2. The number of carbonyl (C=O) groups is 2. The Balaban J connectivity index is 2.01. The van der Waals surface area contributed by atoms with Crippen LogP contribution in [-0.2, 0) is 33.4 Å².